The zero-order chi connectivity index (χ0) is 13.3. The number of furan rings is 1. The number of thioether (sulfide) groups is 1. The Morgan fingerprint density at radius 1 is 1.39 bits per heavy atom. The van der Waals surface area contributed by atoms with Crippen LogP contribution in [0.3, 0.4) is 0 Å². The van der Waals surface area contributed by atoms with Gasteiger partial charge in [-0.3, -0.25) is 0 Å². The van der Waals surface area contributed by atoms with Gasteiger partial charge in [0.25, 0.3) is 10.0 Å². The van der Waals surface area contributed by atoms with Gasteiger partial charge in [0.2, 0.25) is 5.09 Å². The van der Waals surface area contributed by atoms with E-state index in [2.05, 4.69) is 0 Å². The second-order valence-electron chi connectivity index (χ2n) is 4.46. The Hall–Kier alpha value is -0.500. The molecular formula is C11H17NO4S2. The van der Waals surface area contributed by atoms with Crippen molar-refractivity contribution in [1.82, 2.24) is 4.31 Å². The molecule has 0 radical (unpaired) electrons. The highest BCUT2D eigenvalue weighted by molar-refractivity contribution is 8.00. The Morgan fingerprint density at radius 3 is 2.50 bits per heavy atom. The number of nitrogens with zero attached hydrogens (tertiary/aromatic N) is 1. The summed E-state index contributed by atoms with van der Waals surface area (Å²) in [6.07, 6.45) is 0. The summed E-state index contributed by atoms with van der Waals surface area (Å²) in [4.78, 5) is 0. The van der Waals surface area contributed by atoms with E-state index in [4.69, 9.17) is 9.52 Å². The van der Waals surface area contributed by atoms with E-state index in [0.29, 0.717) is 13.1 Å². The van der Waals surface area contributed by atoms with Gasteiger partial charge in [0.1, 0.15) is 12.4 Å². The van der Waals surface area contributed by atoms with Gasteiger partial charge in [-0.1, -0.05) is 13.8 Å². The van der Waals surface area contributed by atoms with E-state index >= 15 is 0 Å². The van der Waals surface area contributed by atoms with Crippen LogP contribution in [0.4, 0.5) is 0 Å². The predicted molar refractivity (Wildman–Crippen MR) is 69.9 cm³/mol. The lowest BCUT2D eigenvalue weighted by Crippen LogP contribution is -2.43. The minimum Gasteiger partial charge on any atom is -0.446 e. The molecule has 2 unspecified atom stereocenters. The minimum absolute atomic E-state index is 0.0853. The molecule has 0 bridgehead atoms. The standard InChI is InChI=1S/C11H17NO4S2/c1-8-5-12(6-9(2)17-8)18(14,15)11-4-3-10(7-13)16-11/h3-4,8-9,13H,5-7H2,1-2H3. The zero-order valence-electron chi connectivity index (χ0n) is 10.4. The molecule has 1 N–H and O–H groups in total. The van der Waals surface area contributed by atoms with E-state index < -0.39 is 10.0 Å². The molecular weight excluding hydrogens is 274 g/mol. The first-order chi connectivity index (χ1) is 8.43. The summed E-state index contributed by atoms with van der Waals surface area (Å²) in [7, 11) is -3.57. The maximum atomic E-state index is 12.3. The smallest absolute Gasteiger partial charge is 0.276 e. The van der Waals surface area contributed by atoms with Gasteiger partial charge in [0.15, 0.2) is 0 Å². The van der Waals surface area contributed by atoms with Crippen LogP contribution in [0.15, 0.2) is 21.6 Å². The highest BCUT2D eigenvalue weighted by Crippen LogP contribution is 2.29. The van der Waals surface area contributed by atoms with E-state index in [1.807, 2.05) is 13.8 Å². The molecule has 5 nitrogen and oxygen atoms in total. The molecule has 0 amide bonds. The average molecular weight is 291 g/mol. The summed E-state index contributed by atoms with van der Waals surface area (Å²) in [5.74, 6) is 0.265. The van der Waals surface area contributed by atoms with E-state index in [9.17, 15) is 8.42 Å². The summed E-state index contributed by atoms with van der Waals surface area (Å²) >= 11 is 1.79. The Morgan fingerprint density at radius 2 is 2.00 bits per heavy atom. The molecule has 2 heterocycles. The maximum absolute atomic E-state index is 12.3. The summed E-state index contributed by atoms with van der Waals surface area (Å²) in [6.45, 7) is 4.73. The fourth-order valence-electron chi connectivity index (χ4n) is 2.04. The molecule has 1 saturated heterocycles. The van der Waals surface area contributed by atoms with Crippen molar-refractivity contribution in [2.75, 3.05) is 13.1 Å². The quantitative estimate of drug-likeness (QED) is 0.908. The van der Waals surface area contributed by atoms with Gasteiger partial charge in [-0.05, 0) is 12.1 Å². The maximum Gasteiger partial charge on any atom is 0.276 e. The molecule has 7 heteroatoms. The Labute approximate surface area is 111 Å². The van der Waals surface area contributed by atoms with Gasteiger partial charge in [0.05, 0.1) is 0 Å². The molecule has 102 valence electrons. The number of aliphatic hydroxyl groups excluding tert-OH is 1. The molecule has 18 heavy (non-hydrogen) atoms. The molecule has 1 aliphatic heterocycles. The van der Waals surface area contributed by atoms with Crippen molar-refractivity contribution in [2.45, 2.75) is 36.0 Å². The number of hydrogen-bond acceptors (Lipinski definition) is 5. The van der Waals surface area contributed by atoms with Crippen molar-refractivity contribution >= 4 is 21.8 Å². The Bertz CT molecular complexity index is 501. The first kappa shape index (κ1) is 13.9. The van der Waals surface area contributed by atoms with Crippen molar-refractivity contribution in [1.29, 1.82) is 0 Å². The molecule has 0 spiro atoms. The van der Waals surface area contributed by atoms with Crippen LogP contribution in [0.2, 0.25) is 0 Å². The molecule has 1 fully saturated rings. The average Bonchev–Trinajstić information content (AvgIpc) is 2.76. The van der Waals surface area contributed by atoms with Crippen LogP contribution in [-0.4, -0.2) is 41.4 Å². The largest absolute Gasteiger partial charge is 0.446 e. The van der Waals surface area contributed by atoms with Crippen LogP contribution in [0.25, 0.3) is 0 Å². The molecule has 1 aromatic heterocycles. The summed E-state index contributed by atoms with van der Waals surface area (Å²) < 4.78 is 31.3. The fourth-order valence-corrected chi connectivity index (χ4v) is 5.10. The van der Waals surface area contributed by atoms with Gasteiger partial charge in [0, 0.05) is 23.6 Å². The summed E-state index contributed by atoms with van der Waals surface area (Å²) in [6, 6.07) is 2.89. The SMILES string of the molecule is CC1CN(S(=O)(=O)c2ccc(CO)o2)CC(C)S1. The Kier molecular flexibility index (Phi) is 4.05. The van der Waals surface area contributed by atoms with Gasteiger partial charge in [-0.2, -0.15) is 16.1 Å². The topological polar surface area (TPSA) is 70.8 Å². The summed E-state index contributed by atoms with van der Waals surface area (Å²) in [5.41, 5.74) is 0. The van der Waals surface area contributed by atoms with Crippen LogP contribution in [0.5, 0.6) is 0 Å². The third-order valence-electron chi connectivity index (χ3n) is 2.77. The number of hydrogen-bond donors (Lipinski definition) is 1. The van der Waals surface area contributed by atoms with E-state index in [0.717, 1.165) is 0 Å². The summed E-state index contributed by atoms with van der Waals surface area (Å²) in [5, 5.41) is 9.37. The van der Waals surface area contributed by atoms with Gasteiger partial charge in [-0.15, -0.1) is 0 Å². The van der Waals surface area contributed by atoms with Crippen molar-refractivity contribution < 1.29 is 17.9 Å². The number of aliphatic hydroxyl groups is 1. The minimum atomic E-state index is -3.57. The van der Waals surface area contributed by atoms with Crippen molar-refractivity contribution in [2.24, 2.45) is 0 Å². The molecule has 0 aromatic carbocycles. The number of rotatable bonds is 3. The van der Waals surface area contributed by atoms with Crippen LogP contribution >= 0.6 is 11.8 Å². The van der Waals surface area contributed by atoms with Crippen LogP contribution in [0.1, 0.15) is 19.6 Å². The molecule has 2 atom stereocenters. The van der Waals surface area contributed by atoms with Crippen LogP contribution in [-0.2, 0) is 16.6 Å². The second-order valence-corrected chi connectivity index (χ2v) is 8.21. The van der Waals surface area contributed by atoms with Crippen molar-refractivity contribution in [3.63, 3.8) is 0 Å². The normalized spacial score (nSPS) is 26.4. The first-order valence-corrected chi connectivity index (χ1v) is 8.17. The second kappa shape index (κ2) is 5.24. The van der Waals surface area contributed by atoms with Crippen molar-refractivity contribution in [3.8, 4) is 0 Å². The lowest BCUT2D eigenvalue weighted by molar-refractivity contribution is 0.235. The van der Waals surface area contributed by atoms with Crippen molar-refractivity contribution in [3.05, 3.63) is 17.9 Å². The van der Waals surface area contributed by atoms with Crippen LogP contribution < -0.4 is 0 Å². The van der Waals surface area contributed by atoms with E-state index in [1.165, 1.54) is 16.4 Å². The molecule has 0 aliphatic carbocycles. The fraction of sp³-hybridized carbons (Fsp3) is 0.636. The molecule has 2 rings (SSSR count). The van der Waals surface area contributed by atoms with Crippen LogP contribution in [0, 0.1) is 0 Å². The predicted octanol–water partition coefficient (Wildman–Crippen LogP) is 1.29. The first-order valence-electron chi connectivity index (χ1n) is 5.78. The lowest BCUT2D eigenvalue weighted by atomic mass is 10.4. The zero-order valence-corrected chi connectivity index (χ0v) is 12.0. The third kappa shape index (κ3) is 2.74. The third-order valence-corrected chi connectivity index (χ3v) is 5.71. The van der Waals surface area contributed by atoms with Gasteiger partial charge < -0.3 is 9.52 Å². The Balaban J connectivity index is 2.25. The highest BCUT2D eigenvalue weighted by Gasteiger charge is 2.33. The lowest BCUT2D eigenvalue weighted by Gasteiger charge is -2.32. The molecule has 1 aliphatic rings. The molecule has 1 aromatic rings. The monoisotopic (exact) mass is 291 g/mol. The van der Waals surface area contributed by atoms with E-state index in [1.54, 1.807) is 11.8 Å². The van der Waals surface area contributed by atoms with E-state index in [-0.39, 0.29) is 28.0 Å². The number of sulfonamides is 1. The van der Waals surface area contributed by atoms with Gasteiger partial charge >= 0.3 is 0 Å². The molecule has 0 saturated carbocycles. The highest BCUT2D eigenvalue weighted by atomic mass is 32.2. The van der Waals surface area contributed by atoms with Gasteiger partial charge in [-0.25, -0.2) is 8.42 Å².